The number of hydrogen-bond donors (Lipinski definition) is 1. The number of nitrogens with zero attached hydrogens (tertiary/aromatic N) is 3. The molecule has 4 aromatic rings. The van der Waals surface area contributed by atoms with E-state index in [2.05, 4.69) is 4.98 Å². The molecule has 1 N–H and O–H groups in total. The highest BCUT2D eigenvalue weighted by atomic mass is 16.6. The van der Waals surface area contributed by atoms with Gasteiger partial charge in [-0.15, -0.1) is 0 Å². The lowest BCUT2D eigenvalue weighted by atomic mass is 9.69. The molecule has 0 saturated carbocycles. The first kappa shape index (κ1) is 31.0. The lowest BCUT2D eigenvalue weighted by Gasteiger charge is -2.31. The van der Waals surface area contributed by atoms with Gasteiger partial charge in [-0.2, -0.15) is 0 Å². The van der Waals surface area contributed by atoms with Crippen molar-refractivity contribution in [2.45, 2.75) is 25.4 Å². The van der Waals surface area contributed by atoms with Crippen molar-refractivity contribution in [3.05, 3.63) is 136 Å². The van der Waals surface area contributed by atoms with E-state index in [1.54, 1.807) is 24.4 Å². The summed E-state index contributed by atoms with van der Waals surface area (Å²) >= 11 is 0. The van der Waals surface area contributed by atoms with Gasteiger partial charge in [0, 0.05) is 29.8 Å². The summed E-state index contributed by atoms with van der Waals surface area (Å²) < 4.78 is 12.6. The van der Waals surface area contributed by atoms with E-state index in [1.807, 2.05) is 66.7 Å². The molecule has 10 heteroatoms. The van der Waals surface area contributed by atoms with E-state index in [9.17, 15) is 24.8 Å². The van der Waals surface area contributed by atoms with Crippen LogP contribution in [0.5, 0.6) is 11.5 Å². The quantitative estimate of drug-likeness (QED) is 0.0883. The van der Waals surface area contributed by atoms with Crippen molar-refractivity contribution in [2.24, 2.45) is 17.8 Å². The van der Waals surface area contributed by atoms with Crippen LogP contribution in [0.4, 0.5) is 11.4 Å². The molecule has 1 aliphatic carbocycles. The SMILES string of the molecule is O=C1[C@@H]2[C@@H](CC(COc3ccccc3)=C3[C@@H](CC/C(=C/c4ccccc4O)c4ccccn4)OC[C@@H]32)C(=O)N1c1cccc([N+](=O)[O-])c1. The van der Waals surface area contributed by atoms with E-state index in [4.69, 9.17) is 9.47 Å². The first-order chi connectivity index (χ1) is 23.4. The lowest BCUT2D eigenvalue weighted by Crippen LogP contribution is -2.35. The standard InChI is InChI=1S/C38H33N3O7/c42-33-15-5-4-9-25(33)19-24(32-14-6-7-18-39-32)16-17-34-35-26(22-47-29-12-2-1-3-13-29)20-30-36(31(35)23-48-34)38(44)40(37(30)43)27-10-8-11-28(21-27)41(45)46/h1-15,18-19,21,30-31,34,36,42H,16-17,20,22-23H2/b24-19-/t30-,31+,34-,36-/m1/s1. The molecular formula is C38H33N3O7. The molecule has 3 aliphatic rings. The number of aromatic nitrogens is 1. The van der Waals surface area contributed by atoms with Gasteiger partial charge in [0.2, 0.25) is 11.8 Å². The lowest BCUT2D eigenvalue weighted by molar-refractivity contribution is -0.384. The Hall–Kier alpha value is -5.61. The molecule has 0 bridgehead atoms. The number of anilines is 1. The van der Waals surface area contributed by atoms with Crippen LogP contribution in [0.25, 0.3) is 11.6 Å². The van der Waals surface area contributed by atoms with E-state index < -0.39 is 16.8 Å². The summed E-state index contributed by atoms with van der Waals surface area (Å²) in [6, 6.07) is 27.9. The van der Waals surface area contributed by atoms with Crippen LogP contribution in [0, 0.1) is 27.9 Å². The molecule has 2 aliphatic heterocycles. The van der Waals surface area contributed by atoms with E-state index >= 15 is 0 Å². The monoisotopic (exact) mass is 643 g/mol. The number of para-hydroxylation sites is 2. The predicted octanol–water partition coefficient (Wildman–Crippen LogP) is 6.62. The maximum atomic E-state index is 14.0. The fourth-order valence-electron chi connectivity index (χ4n) is 7.20. The predicted molar refractivity (Wildman–Crippen MR) is 179 cm³/mol. The third-order valence-corrected chi connectivity index (χ3v) is 9.40. The van der Waals surface area contributed by atoms with E-state index in [1.165, 1.54) is 18.2 Å². The third kappa shape index (κ3) is 5.98. The number of phenols is 1. The second-order valence-electron chi connectivity index (χ2n) is 12.2. The molecule has 3 aromatic carbocycles. The molecule has 242 valence electrons. The fraction of sp³-hybridized carbons (Fsp3) is 0.237. The number of amides is 2. The van der Waals surface area contributed by atoms with Crippen LogP contribution in [-0.2, 0) is 14.3 Å². The summed E-state index contributed by atoms with van der Waals surface area (Å²) in [6.07, 6.45) is 4.79. The van der Waals surface area contributed by atoms with Gasteiger partial charge in [0.15, 0.2) is 0 Å². The van der Waals surface area contributed by atoms with Crippen molar-refractivity contribution in [1.29, 1.82) is 0 Å². The van der Waals surface area contributed by atoms with Gasteiger partial charge >= 0.3 is 0 Å². The third-order valence-electron chi connectivity index (χ3n) is 9.40. The number of carbonyl (C=O) groups is 2. The normalized spacial score (nSPS) is 22.1. The van der Waals surface area contributed by atoms with Crippen molar-refractivity contribution in [1.82, 2.24) is 4.98 Å². The maximum absolute atomic E-state index is 14.0. The maximum Gasteiger partial charge on any atom is 0.271 e. The van der Waals surface area contributed by atoms with E-state index in [0.717, 1.165) is 27.3 Å². The van der Waals surface area contributed by atoms with E-state index in [-0.39, 0.29) is 54.2 Å². The van der Waals surface area contributed by atoms with Crippen molar-refractivity contribution < 1.29 is 29.1 Å². The number of non-ortho nitro benzene ring substituents is 1. The minimum absolute atomic E-state index is 0.169. The van der Waals surface area contributed by atoms with Crippen LogP contribution in [0.3, 0.4) is 0 Å². The molecule has 0 unspecified atom stereocenters. The van der Waals surface area contributed by atoms with Crippen LogP contribution in [0.1, 0.15) is 30.5 Å². The number of rotatable bonds is 10. The molecule has 10 nitrogen and oxygen atoms in total. The number of carbonyl (C=O) groups excluding carboxylic acids is 2. The van der Waals surface area contributed by atoms with Crippen molar-refractivity contribution in [3.63, 3.8) is 0 Å². The molecule has 0 radical (unpaired) electrons. The van der Waals surface area contributed by atoms with E-state index in [0.29, 0.717) is 30.6 Å². The second-order valence-corrected chi connectivity index (χ2v) is 12.2. The number of hydrogen-bond acceptors (Lipinski definition) is 8. The molecule has 3 heterocycles. The fourth-order valence-corrected chi connectivity index (χ4v) is 7.20. The van der Waals surface area contributed by atoms with Gasteiger partial charge in [-0.3, -0.25) is 24.7 Å². The topological polar surface area (TPSA) is 132 Å². The number of aromatic hydroxyl groups is 1. The Labute approximate surface area is 277 Å². The number of phenolic OH excluding ortho intramolecular Hbond substituents is 1. The molecule has 0 spiro atoms. The highest BCUT2D eigenvalue weighted by molar-refractivity contribution is 6.22. The smallest absolute Gasteiger partial charge is 0.271 e. The van der Waals surface area contributed by atoms with Crippen molar-refractivity contribution in [3.8, 4) is 11.5 Å². The van der Waals surface area contributed by atoms with Gasteiger partial charge in [-0.25, -0.2) is 4.90 Å². The number of pyridine rings is 1. The number of benzene rings is 3. The van der Waals surface area contributed by atoms with Gasteiger partial charge in [-0.05, 0) is 78.5 Å². The Morgan fingerprint density at radius 1 is 0.979 bits per heavy atom. The van der Waals surface area contributed by atoms with Gasteiger partial charge in [0.25, 0.3) is 5.69 Å². The Bertz CT molecular complexity index is 1920. The number of nitro groups is 1. The second kappa shape index (κ2) is 13.2. The highest BCUT2D eigenvalue weighted by Gasteiger charge is 2.57. The molecule has 1 aromatic heterocycles. The number of nitro benzene ring substituents is 1. The summed E-state index contributed by atoms with van der Waals surface area (Å²) in [5.41, 5.74) is 4.30. The van der Waals surface area contributed by atoms with Crippen LogP contribution >= 0.6 is 0 Å². The molecule has 2 amide bonds. The van der Waals surface area contributed by atoms with Crippen LogP contribution in [-0.4, -0.2) is 46.1 Å². The molecule has 2 saturated heterocycles. The number of fused-ring (bicyclic) bond motifs is 3. The first-order valence-corrected chi connectivity index (χ1v) is 15.9. The summed E-state index contributed by atoms with van der Waals surface area (Å²) in [6.45, 7) is 0.498. The van der Waals surface area contributed by atoms with Gasteiger partial charge < -0.3 is 14.6 Å². The van der Waals surface area contributed by atoms with Gasteiger partial charge in [-0.1, -0.05) is 48.5 Å². The van der Waals surface area contributed by atoms with Gasteiger partial charge in [0.05, 0.1) is 40.9 Å². The number of imide groups is 1. The zero-order chi connectivity index (χ0) is 33.2. The Morgan fingerprint density at radius 2 is 1.77 bits per heavy atom. The van der Waals surface area contributed by atoms with Crippen LogP contribution in [0.2, 0.25) is 0 Å². The average molecular weight is 644 g/mol. The molecule has 4 atom stereocenters. The molecule has 7 rings (SSSR count). The minimum atomic E-state index is -0.649. The summed E-state index contributed by atoms with van der Waals surface area (Å²) in [5.74, 6) is -1.50. The average Bonchev–Trinajstić information content (AvgIpc) is 3.64. The zero-order valence-corrected chi connectivity index (χ0v) is 26.0. The summed E-state index contributed by atoms with van der Waals surface area (Å²) in [4.78, 5) is 44.6. The minimum Gasteiger partial charge on any atom is -0.507 e. The first-order valence-electron chi connectivity index (χ1n) is 15.9. The van der Waals surface area contributed by atoms with Crippen LogP contribution in [0.15, 0.2) is 114 Å². The highest BCUT2D eigenvalue weighted by Crippen LogP contribution is 2.51. The van der Waals surface area contributed by atoms with Crippen molar-refractivity contribution >= 4 is 34.8 Å². The molecule has 2 fully saturated rings. The number of ether oxygens (including phenoxy) is 2. The largest absolute Gasteiger partial charge is 0.507 e. The van der Waals surface area contributed by atoms with Gasteiger partial charge in [0.1, 0.15) is 18.1 Å². The van der Waals surface area contributed by atoms with Crippen LogP contribution < -0.4 is 9.64 Å². The Morgan fingerprint density at radius 3 is 2.54 bits per heavy atom. The molecule has 48 heavy (non-hydrogen) atoms. The Balaban J connectivity index is 1.21. The number of allylic oxidation sites excluding steroid dienone is 1. The molecular weight excluding hydrogens is 610 g/mol. The summed E-state index contributed by atoms with van der Waals surface area (Å²) in [5, 5.41) is 22.0. The Kier molecular flexibility index (Phi) is 8.56. The van der Waals surface area contributed by atoms with Crippen molar-refractivity contribution in [2.75, 3.05) is 18.1 Å². The summed E-state index contributed by atoms with van der Waals surface area (Å²) in [7, 11) is 0. The zero-order valence-electron chi connectivity index (χ0n) is 26.0.